The monoisotopic (exact) mass is 310 g/mol. The number of halogens is 1. The third kappa shape index (κ3) is 6.71. The van der Waals surface area contributed by atoms with Crippen molar-refractivity contribution in [2.45, 2.75) is 47.0 Å². The van der Waals surface area contributed by atoms with Crippen LogP contribution in [0.2, 0.25) is 5.02 Å². The standard InChI is InChI=1S/C18H31ClN2/c1-14(2)8-11-21(12-9-15(3)4)17-6-5-16(7-10-20)18(19)13-17/h5-6,13-15H,7-12,20H2,1-4H3. The van der Waals surface area contributed by atoms with E-state index in [9.17, 15) is 0 Å². The summed E-state index contributed by atoms with van der Waals surface area (Å²) < 4.78 is 0. The molecule has 0 aliphatic heterocycles. The van der Waals surface area contributed by atoms with Gasteiger partial charge >= 0.3 is 0 Å². The van der Waals surface area contributed by atoms with Crippen molar-refractivity contribution < 1.29 is 0 Å². The quantitative estimate of drug-likeness (QED) is 0.714. The van der Waals surface area contributed by atoms with Gasteiger partial charge in [-0.05, 0) is 55.3 Å². The number of rotatable bonds is 9. The molecular formula is C18H31ClN2. The van der Waals surface area contributed by atoms with Gasteiger partial charge in [0, 0.05) is 23.8 Å². The van der Waals surface area contributed by atoms with E-state index in [1.165, 1.54) is 18.5 Å². The lowest BCUT2D eigenvalue weighted by Crippen LogP contribution is -2.27. The minimum Gasteiger partial charge on any atom is -0.371 e. The summed E-state index contributed by atoms with van der Waals surface area (Å²) >= 11 is 6.40. The summed E-state index contributed by atoms with van der Waals surface area (Å²) in [6.45, 7) is 11.9. The molecule has 2 nitrogen and oxygen atoms in total. The third-order valence-corrected chi connectivity index (χ3v) is 4.12. The Balaban J connectivity index is 2.82. The summed E-state index contributed by atoms with van der Waals surface area (Å²) in [6, 6.07) is 6.42. The molecule has 0 heterocycles. The highest BCUT2D eigenvalue weighted by Gasteiger charge is 2.10. The highest BCUT2D eigenvalue weighted by Crippen LogP contribution is 2.25. The molecule has 0 radical (unpaired) electrons. The first-order valence-corrected chi connectivity index (χ1v) is 8.55. The maximum atomic E-state index is 6.40. The topological polar surface area (TPSA) is 29.3 Å². The first-order chi connectivity index (χ1) is 9.93. The van der Waals surface area contributed by atoms with Crippen molar-refractivity contribution in [3.63, 3.8) is 0 Å². The molecule has 2 N–H and O–H groups in total. The molecule has 0 unspecified atom stereocenters. The Bertz CT molecular complexity index is 404. The van der Waals surface area contributed by atoms with Crippen LogP contribution in [-0.4, -0.2) is 19.6 Å². The van der Waals surface area contributed by atoms with Crippen molar-refractivity contribution in [1.29, 1.82) is 0 Å². The fraction of sp³-hybridized carbons (Fsp3) is 0.667. The van der Waals surface area contributed by atoms with E-state index in [0.29, 0.717) is 6.54 Å². The smallest absolute Gasteiger partial charge is 0.0459 e. The van der Waals surface area contributed by atoms with Crippen molar-refractivity contribution in [3.05, 3.63) is 28.8 Å². The molecule has 0 atom stereocenters. The molecule has 0 aliphatic carbocycles. The van der Waals surface area contributed by atoms with Gasteiger partial charge in [-0.3, -0.25) is 0 Å². The van der Waals surface area contributed by atoms with Crippen molar-refractivity contribution >= 4 is 17.3 Å². The summed E-state index contributed by atoms with van der Waals surface area (Å²) in [5, 5.41) is 0.844. The molecule has 0 bridgehead atoms. The minimum atomic E-state index is 0.642. The number of hydrogen-bond acceptors (Lipinski definition) is 2. The van der Waals surface area contributed by atoms with Crippen LogP contribution in [0, 0.1) is 11.8 Å². The van der Waals surface area contributed by atoms with Crippen LogP contribution < -0.4 is 10.6 Å². The fourth-order valence-electron chi connectivity index (χ4n) is 2.29. The number of benzene rings is 1. The van der Waals surface area contributed by atoms with Crippen LogP contribution in [0.15, 0.2) is 18.2 Å². The van der Waals surface area contributed by atoms with Gasteiger partial charge in [-0.1, -0.05) is 45.4 Å². The first-order valence-electron chi connectivity index (χ1n) is 8.17. The van der Waals surface area contributed by atoms with Gasteiger partial charge in [0.2, 0.25) is 0 Å². The Morgan fingerprint density at radius 3 is 2.05 bits per heavy atom. The van der Waals surface area contributed by atoms with E-state index < -0.39 is 0 Å². The van der Waals surface area contributed by atoms with Gasteiger partial charge in [0.1, 0.15) is 0 Å². The largest absolute Gasteiger partial charge is 0.371 e. The van der Waals surface area contributed by atoms with Crippen LogP contribution >= 0.6 is 11.6 Å². The molecule has 120 valence electrons. The van der Waals surface area contributed by atoms with Crippen LogP contribution in [0.4, 0.5) is 5.69 Å². The van der Waals surface area contributed by atoms with Gasteiger partial charge in [-0.2, -0.15) is 0 Å². The maximum Gasteiger partial charge on any atom is 0.0459 e. The van der Waals surface area contributed by atoms with Gasteiger partial charge in [0.05, 0.1) is 0 Å². The predicted molar refractivity (Wildman–Crippen MR) is 95.3 cm³/mol. The second-order valence-corrected chi connectivity index (χ2v) is 7.07. The summed E-state index contributed by atoms with van der Waals surface area (Å²) in [5.41, 5.74) is 8.01. The molecule has 1 aromatic rings. The SMILES string of the molecule is CC(C)CCN(CCC(C)C)c1ccc(CCN)c(Cl)c1. The number of hydrogen-bond donors (Lipinski definition) is 1. The molecule has 0 amide bonds. The number of nitrogens with zero attached hydrogens (tertiary/aromatic N) is 1. The number of nitrogens with two attached hydrogens (primary N) is 1. The third-order valence-electron chi connectivity index (χ3n) is 3.77. The normalized spacial score (nSPS) is 11.4. The summed E-state index contributed by atoms with van der Waals surface area (Å²) in [6.07, 6.45) is 3.26. The molecule has 3 heteroatoms. The molecular weight excluding hydrogens is 280 g/mol. The van der Waals surface area contributed by atoms with E-state index in [-0.39, 0.29) is 0 Å². The lowest BCUT2D eigenvalue weighted by molar-refractivity contribution is 0.535. The highest BCUT2D eigenvalue weighted by molar-refractivity contribution is 6.31. The van der Waals surface area contributed by atoms with Crippen molar-refractivity contribution in [3.8, 4) is 0 Å². The summed E-state index contributed by atoms with van der Waals surface area (Å²) in [7, 11) is 0. The van der Waals surface area contributed by atoms with E-state index in [1.807, 2.05) is 0 Å². The van der Waals surface area contributed by atoms with Gasteiger partial charge in [0.25, 0.3) is 0 Å². The fourth-order valence-corrected chi connectivity index (χ4v) is 2.56. The zero-order valence-corrected chi connectivity index (χ0v) is 14.8. The van der Waals surface area contributed by atoms with E-state index in [0.717, 1.165) is 41.9 Å². The summed E-state index contributed by atoms with van der Waals surface area (Å²) in [5.74, 6) is 1.44. The van der Waals surface area contributed by atoms with Gasteiger partial charge < -0.3 is 10.6 Å². The second kappa shape index (κ2) is 9.32. The van der Waals surface area contributed by atoms with Crippen LogP contribution in [-0.2, 0) is 6.42 Å². The van der Waals surface area contributed by atoms with Crippen molar-refractivity contribution in [1.82, 2.24) is 0 Å². The number of anilines is 1. The second-order valence-electron chi connectivity index (χ2n) is 6.67. The molecule has 0 aliphatic rings. The van der Waals surface area contributed by atoms with Crippen molar-refractivity contribution in [2.24, 2.45) is 17.6 Å². The Hall–Kier alpha value is -0.730. The zero-order chi connectivity index (χ0) is 15.8. The molecule has 0 saturated carbocycles. The first kappa shape index (κ1) is 18.3. The Labute approximate surface area is 135 Å². The van der Waals surface area contributed by atoms with E-state index in [2.05, 4.69) is 50.8 Å². The summed E-state index contributed by atoms with van der Waals surface area (Å²) in [4.78, 5) is 2.47. The van der Waals surface area contributed by atoms with Crippen LogP contribution in [0.3, 0.4) is 0 Å². The lowest BCUT2D eigenvalue weighted by atomic mass is 10.1. The Morgan fingerprint density at radius 1 is 1.05 bits per heavy atom. The minimum absolute atomic E-state index is 0.642. The molecule has 0 aromatic heterocycles. The van der Waals surface area contributed by atoms with E-state index >= 15 is 0 Å². The van der Waals surface area contributed by atoms with Gasteiger partial charge in [-0.15, -0.1) is 0 Å². The molecule has 0 fully saturated rings. The van der Waals surface area contributed by atoms with E-state index in [1.54, 1.807) is 0 Å². The molecule has 1 aromatic carbocycles. The Kier molecular flexibility index (Phi) is 8.13. The molecule has 1 rings (SSSR count). The van der Waals surface area contributed by atoms with Gasteiger partial charge in [-0.25, -0.2) is 0 Å². The molecule has 0 saturated heterocycles. The average molecular weight is 311 g/mol. The van der Waals surface area contributed by atoms with Crippen LogP contribution in [0.5, 0.6) is 0 Å². The van der Waals surface area contributed by atoms with Crippen molar-refractivity contribution in [2.75, 3.05) is 24.5 Å². The van der Waals surface area contributed by atoms with Gasteiger partial charge in [0.15, 0.2) is 0 Å². The maximum absolute atomic E-state index is 6.40. The predicted octanol–water partition coefficient (Wildman–Crippen LogP) is 4.74. The Morgan fingerprint density at radius 2 is 1.62 bits per heavy atom. The van der Waals surface area contributed by atoms with Crippen LogP contribution in [0.1, 0.15) is 46.1 Å². The highest BCUT2D eigenvalue weighted by atomic mass is 35.5. The molecule has 0 spiro atoms. The van der Waals surface area contributed by atoms with E-state index in [4.69, 9.17) is 17.3 Å². The average Bonchev–Trinajstić information content (AvgIpc) is 2.41. The zero-order valence-electron chi connectivity index (χ0n) is 14.0. The van der Waals surface area contributed by atoms with Crippen LogP contribution in [0.25, 0.3) is 0 Å². The molecule has 21 heavy (non-hydrogen) atoms. The lowest BCUT2D eigenvalue weighted by Gasteiger charge is -2.27.